The van der Waals surface area contributed by atoms with Crippen LogP contribution in [0.15, 0.2) is 36.4 Å². The highest BCUT2D eigenvalue weighted by atomic mass is 32.1. The lowest BCUT2D eigenvalue weighted by Gasteiger charge is -2.03. The van der Waals surface area contributed by atoms with Gasteiger partial charge in [-0.1, -0.05) is 0 Å². The van der Waals surface area contributed by atoms with Gasteiger partial charge in [-0.2, -0.15) is 0 Å². The number of non-ortho nitro benzene ring substituents is 1. The van der Waals surface area contributed by atoms with Gasteiger partial charge in [-0.25, -0.2) is 4.98 Å². The third-order valence-corrected chi connectivity index (χ3v) is 4.35. The maximum absolute atomic E-state index is 10.7. The normalized spacial score (nSPS) is 10.6. The standard InChI is InChI=1S/C15H12N2O4S/c1-20-11-7-8-12(21-2)14-13(11)16-15(22-14)9-3-5-10(6-4-9)17(18)19/h3-8H,1-2H3. The minimum absolute atomic E-state index is 0.0556. The number of thiazole rings is 1. The minimum atomic E-state index is -0.422. The molecule has 1 heterocycles. The summed E-state index contributed by atoms with van der Waals surface area (Å²) in [6, 6.07) is 9.95. The van der Waals surface area contributed by atoms with E-state index in [1.807, 2.05) is 6.07 Å². The molecule has 3 rings (SSSR count). The third-order valence-electron chi connectivity index (χ3n) is 3.24. The molecule has 0 N–H and O–H groups in total. The summed E-state index contributed by atoms with van der Waals surface area (Å²) in [5.41, 5.74) is 1.59. The molecular formula is C15H12N2O4S. The third kappa shape index (κ3) is 2.35. The van der Waals surface area contributed by atoms with Crippen LogP contribution in [0, 0.1) is 10.1 Å². The Morgan fingerprint density at radius 2 is 1.68 bits per heavy atom. The number of benzene rings is 2. The van der Waals surface area contributed by atoms with Gasteiger partial charge in [0.15, 0.2) is 0 Å². The van der Waals surface area contributed by atoms with E-state index < -0.39 is 4.92 Å². The molecule has 6 nitrogen and oxygen atoms in total. The van der Waals surface area contributed by atoms with Crippen molar-refractivity contribution in [3.8, 4) is 22.1 Å². The van der Waals surface area contributed by atoms with Gasteiger partial charge in [0.05, 0.1) is 19.1 Å². The lowest BCUT2D eigenvalue weighted by Crippen LogP contribution is -1.88. The van der Waals surface area contributed by atoms with Crippen LogP contribution in [0.3, 0.4) is 0 Å². The number of nitro groups is 1. The van der Waals surface area contributed by atoms with Gasteiger partial charge >= 0.3 is 0 Å². The number of hydrogen-bond donors (Lipinski definition) is 0. The first kappa shape index (κ1) is 14.3. The second-order valence-electron chi connectivity index (χ2n) is 4.47. The van der Waals surface area contributed by atoms with Crippen LogP contribution in [-0.4, -0.2) is 24.1 Å². The van der Waals surface area contributed by atoms with E-state index in [2.05, 4.69) is 4.98 Å². The van der Waals surface area contributed by atoms with E-state index in [1.165, 1.54) is 23.5 Å². The SMILES string of the molecule is COc1ccc(OC)c2sc(-c3ccc([N+](=O)[O-])cc3)nc12. The van der Waals surface area contributed by atoms with Gasteiger partial charge in [0.1, 0.15) is 26.7 Å². The van der Waals surface area contributed by atoms with Crippen LogP contribution in [0.2, 0.25) is 0 Å². The van der Waals surface area contributed by atoms with Crippen molar-refractivity contribution in [3.63, 3.8) is 0 Å². The van der Waals surface area contributed by atoms with Crippen LogP contribution < -0.4 is 9.47 Å². The molecule has 1 aromatic heterocycles. The van der Waals surface area contributed by atoms with Crippen LogP contribution in [0.1, 0.15) is 0 Å². The van der Waals surface area contributed by atoms with E-state index in [0.29, 0.717) is 5.75 Å². The predicted octanol–water partition coefficient (Wildman–Crippen LogP) is 3.89. The summed E-state index contributed by atoms with van der Waals surface area (Å²) >= 11 is 1.46. The van der Waals surface area contributed by atoms with Crippen LogP contribution in [0.25, 0.3) is 20.8 Å². The Kier molecular flexibility index (Phi) is 3.64. The molecule has 0 aliphatic carbocycles. The first-order chi connectivity index (χ1) is 10.6. The fourth-order valence-electron chi connectivity index (χ4n) is 2.13. The molecule has 2 aromatic carbocycles. The first-order valence-electron chi connectivity index (χ1n) is 6.40. The molecule has 3 aromatic rings. The van der Waals surface area contributed by atoms with Crippen molar-refractivity contribution in [3.05, 3.63) is 46.5 Å². The Bertz CT molecular complexity index is 802. The van der Waals surface area contributed by atoms with Crippen molar-refractivity contribution in [1.82, 2.24) is 4.98 Å². The fraction of sp³-hybridized carbons (Fsp3) is 0.133. The van der Waals surface area contributed by atoms with Gasteiger partial charge in [0.25, 0.3) is 5.69 Å². The summed E-state index contributed by atoms with van der Waals surface area (Å²) in [7, 11) is 3.19. The zero-order valence-corrected chi connectivity index (χ0v) is 12.7. The molecule has 0 aliphatic heterocycles. The smallest absolute Gasteiger partial charge is 0.269 e. The first-order valence-corrected chi connectivity index (χ1v) is 7.22. The monoisotopic (exact) mass is 316 g/mol. The van der Waals surface area contributed by atoms with Crippen molar-refractivity contribution in [2.75, 3.05) is 14.2 Å². The Morgan fingerprint density at radius 1 is 1.05 bits per heavy atom. The molecule has 0 bridgehead atoms. The van der Waals surface area contributed by atoms with Gasteiger partial charge in [-0.05, 0) is 24.3 Å². The number of nitrogens with zero attached hydrogens (tertiary/aromatic N) is 2. The highest BCUT2D eigenvalue weighted by Gasteiger charge is 2.15. The van der Waals surface area contributed by atoms with Gasteiger partial charge in [-0.3, -0.25) is 10.1 Å². The van der Waals surface area contributed by atoms with Crippen LogP contribution in [0.5, 0.6) is 11.5 Å². The topological polar surface area (TPSA) is 74.5 Å². The summed E-state index contributed by atoms with van der Waals surface area (Å²) < 4.78 is 11.6. The second kappa shape index (κ2) is 5.61. The molecule has 0 aliphatic rings. The number of rotatable bonds is 4. The predicted molar refractivity (Wildman–Crippen MR) is 84.8 cm³/mol. The summed E-state index contributed by atoms with van der Waals surface area (Å²) in [4.78, 5) is 14.9. The molecular weight excluding hydrogens is 304 g/mol. The number of nitro benzene ring substituents is 1. The average molecular weight is 316 g/mol. The fourth-order valence-corrected chi connectivity index (χ4v) is 3.21. The van der Waals surface area contributed by atoms with Crippen molar-refractivity contribution < 1.29 is 14.4 Å². The highest BCUT2D eigenvalue weighted by Crippen LogP contribution is 2.40. The molecule has 0 atom stereocenters. The Hall–Kier alpha value is -2.67. The maximum atomic E-state index is 10.7. The zero-order chi connectivity index (χ0) is 15.7. The molecule has 0 fully saturated rings. The molecule has 0 saturated carbocycles. The zero-order valence-electron chi connectivity index (χ0n) is 11.9. The number of fused-ring (bicyclic) bond motifs is 1. The van der Waals surface area contributed by atoms with Gasteiger partial charge in [0.2, 0.25) is 0 Å². The molecule has 0 spiro atoms. The maximum Gasteiger partial charge on any atom is 0.269 e. The van der Waals surface area contributed by atoms with Crippen molar-refractivity contribution in [1.29, 1.82) is 0 Å². The summed E-state index contributed by atoms with van der Waals surface area (Å²) in [6.07, 6.45) is 0. The lowest BCUT2D eigenvalue weighted by molar-refractivity contribution is -0.384. The number of methoxy groups -OCH3 is 2. The van der Waals surface area contributed by atoms with Gasteiger partial charge in [-0.15, -0.1) is 11.3 Å². The average Bonchev–Trinajstić information content (AvgIpc) is 2.99. The Morgan fingerprint density at radius 3 is 2.27 bits per heavy atom. The van der Waals surface area contributed by atoms with E-state index >= 15 is 0 Å². The number of hydrogen-bond acceptors (Lipinski definition) is 6. The van der Waals surface area contributed by atoms with Crippen molar-refractivity contribution >= 4 is 27.2 Å². The van der Waals surface area contributed by atoms with E-state index in [-0.39, 0.29) is 5.69 Å². The quantitative estimate of drug-likeness (QED) is 0.539. The largest absolute Gasteiger partial charge is 0.495 e. The summed E-state index contributed by atoms with van der Waals surface area (Å²) in [6.45, 7) is 0. The van der Waals surface area contributed by atoms with Gasteiger partial charge < -0.3 is 9.47 Å². The van der Waals surface area contributed by atoms with Crippen molar-refractivity contribution in [2.24, 2.45) is 0 Å². The molecule has 0 amide bonds. The number of ether oxygens (including phenoxy) is 2. The molecule has 0 unspecified atom stereocenters. The Balaban J connectivity index is 2.13. The van der Waals surface area contributed by atoms with Gasteiger partial charge in [0, 0.05) is 17.7 Å². The highest BCUT2D eigenvalue weighted by molar-refractivity contribution is 7.22. The Labute approximate surface area is 130 Å². The molecule has 112 valence electrons. The van der Waals surface area contributed by atoms with Crippen LogP contribution in [-0.2, 0) is 0 Å². The van der Waals surface area contributed by atoms with E-state index in [1.54, 1.807) is 32.4 Å². The molecule has 0 radical (unpaired) electrons. The summed E-state index contributed by atoms with van der Waals surface area (Å²) in [5.74, 6) is 1.39. The van der Waals surface area contributed by atoms with E-state index in [4.69, 9.17) is 9.47 Å². The van der Waals surface area contributed by atoms with Crippen molar-refractivity contribution in [2.45, 2.75) is 0 Å². The van der Waals surface area contributed by atoms with Crippen LogP contribution >= 0.6 is 11.3 Å². The molecule has 0 saturated heterocycles. The second-order valence-corrected chi connectivity index (χ2v) is 5.47. The lowest BCUT2D eigenvalue weighted by atomic mass is 10.2. The van der Waals surface area contributed by atoms with E-state index in [0.717, 1.165) is 26.5 Å². The van der Waals surface area contributed by atoms with E-state index in [9.17, 15) is 10.1 Å². The molecule has 22 heavy (non-hydrogen) atoms. The number of aromatic nitrogens is 1. The summed E-state index contributed by atoms with van der Waals surface area (Å²) in [5, 5.41) is 11.5. The minimum Gasteiger partial charge on any atom is -0.495 e. The van der Waals surface area contributed by atoms with Crippen LogP contribution in [0.4, 0.5) is 5.69 Å². The molecule has 7 heteroatoms.